The molecule has 1 fully saturated rings. The van der Waals surface area contributed by atoms with Gasteiger partial charge < -0.3 is 10.1 Å². The van der Waals surface area contributed by atoms with E-state index < -0.39 is 11.7 Å². The summed E-state index contributed by atoms with van der Waals surface area (Å²) in [5.74, 6) is 0.594. The summed E-state index contributed by atoms with van der Waals surface area (Å²) in [5.41, 5.74) is 0.284. The van der Waals surface area contributed by atoms with Gasteiger partial charge in [0.1, 0.15) is 0 Å². The van der Waals surface area contributed by atoms with Gasteiger partial charge in [0.15, 0.2) is 0 Å². The zero-order valence-electron chi connectivity index (χ0n) is 13.7. The highest BCUT2D eigenvalue weighted by Gasteiger charge is 2.32. The minimum atomic E-state index is -4.28. The molecule has 0 bridgehead atoms. The number of unbranched alkanes of at least 4 members (excludes halogenated alkanes) is 1. The number of benzene rings is 1. The van der Waals surface area contributed by atoms with Gasteiger partial charge in [0.2, 0.25) is 0 Å². The third kappa shape index (κ3) is 5.50. The largest absolute Gasteiger partial charge is 0.416 e. The second-order valence-electron chi connectivity index (χ2n) is 6.32. The Hall–Kier alpha value is -1.07. The molecule has 2 rings (SSSR count). The van der Waals surface area contributed by atoms with Crippen LogP contribution in [0.2, 0.25) is 0 Å². The van der Waals surface area contributed by atoms with Crippen LogP contribution in [0.3, 0.4) is 0 Å². The van der Waals surface area contributed by atoms with E-state index in [0.717, 1.165) is 56.8 Å². The number of halogens is 3. The Morgan fingerprint density at radius 1 is 1.30 bits per heavy atom. The lowest BCUT2D eigenvalue weighted by atomic mass is 9.78. The van der Waals surface area contributed by atoms with Gasteiger partial charge in [0.05, 0.1) is 5.56 Å². The average Bonchev–Trinajstić information content (AvgIpc) is 2.55. The topological polar surface area (TPSA) is 21.3 Å². The van der Waals surface area contributed by atoms with E-state index in [-0.39, 0.29) is 5.92 Å². The van der Waals surface area contributed by atoms with Crippen LogP contribution in [-0.2, 0) is 10.9 Å². The van der Waals surface area contributed by atoms with Crippen molar-refractivity contribution in [3.8, 4) is 0 Å². The van der Waals surface area contributed by atoms with E-state index in [1.54, 1.807) is 7.11 Å². The van der Waals surface area contributed by atoms with Gasteiger partial charge in [-0.15, -0.1) is 0 Å². The molecule has 2 atom stereocenters. The summed E-state index contributed by atoms with van der Waals surface area (Å²) in [6.45, 7) is 2.61. The summed E-state index contributed by atoms with van der Waals surface area (Å²) >= 11 is 0. The average molecular weight is 329 g/mol. The molecule has 0 spiro atoms. The lowest BCUT2D eigenvalue weighted by Crippen LogP contribution is -2.33. The second-order valence-corrected chi connectivity index (χ2v) is 6.32. The van der Waals surface area contributed by atoms with Crippen molar-refractivity contribution in [3.63, 3.8) is 0 Å². The minimum Gasteiger partial charge on any atom is -0.385 e. The minimum absolute atomic E-state index is 0.182. The van der Waals surface area contributed by atoms with Crippen LogP contribution in [0.1, 0.15) is 49.1 Å². The smallest absolute Gasteiger partial charge is 0.385 e. The van der Waals surface area contributed by atoms with Gasteiger partial charge in [0.25, 0.3) is 0 Å². The molecule has 5 heteroatoms. The van der Waals surface area contributed by atoms with Gasteiger partial charge in [-0.05, 0) is 62.2 Å². The van der Waals surface area contributed by atoms with E-state index in [9.17, 15) is 13.2 Å². The van der Waals surface area contributed by atoms with E-state index in [1.807, 2.05) is 6.07 Å². The normalized spacial score (nSPS) is 20.4. The van der Waals surface area contributed by atoms with Crippen molar-refractivity contribution < 1.29 is 17.9 Å². The van der Waals surface area contributed by atoms with Crippen molar-refractivity contribution in [2.24, 2.45) is 5.92 Å². The summed E-state index contributed by atoms with van der Waals surface area (Å²) in [4.78, 5) is 0. The molecule has 1 saturated heterocycles. The van der Waals surface area contributed by atoms with Crippen molar-refractivity contribution in [2.75, 3.05) is 26.8 Å². The number of alkyl halides is 3. The van der Waals surface area contributed by atoms with E-state index >= 15 is 0 Å². The van der Waals surface area contributed by atoms with Crippen LogP contribution in [0.5, 0.6) is 0 Å². The molecule has 1 aromatic rings. The molecule has 0 aliphatic carbocycles. The predicted molar refractivity (Wildman–Crippen MR) is 85.5 cm³/mol. The fourth-order valence-electron chi connectivity index (χ4n) is 3.45. The van der Waals surface area contributed by atoms with E-state index in [1.165, 1.54) is 12.1 Å². The number of methoxy groups -OCH3 is 1. The van der Waals surface area contributed by atoms with E-state index in [2.05, 4.69) is 5.32 Å². The van der Waals surface area contributed by atoms with E-state index in [4.69, 9.17) is 4.74 Å². The van der Waals surface area contributed by atoms with Crippen molar-refractivity contribution in [2.45, 2.75) is 44.2 Å². The predicted octanol–water partition coefficient (Wildman–Crippen LogP) is 4.61. The highest BCUT2D eigenvalue weighted by Crippen LogP contribution is 2.37. The highest BCUT2D eigenvalue weighted by atomic mass is 19.4. The van der Waals surface area contributed by atoms with Gasteiger partial charge in [0, 0.05) is 13.7 Å². The molecule has 0 aromatic heterocycles. The van der Waals surface area contributed by atoms with Crippen LogP contribution in [0, 0.1) is 5.92 Å². The van der Waals surface area contributed by atoms with Gasteiger partial charge in [-0.3, -0.25) is 0 Å². The second kappa shape index (κ2) is 8.69. The molecule has 0 amide bonds. The van der Waals surface area contributed by atoms with Crippen LogP contribution < -0.4 is 5.32 Å². The first kappa shape index (κ1) is 18.3. The van der Waals surface area contributed by atoms with Crippen LogP contribution >= 0.6 is 0 Å². The monoisotopic (exact) mass is 329 g/mol. The molecule has 0 unspecified atom stereocenters. The van der Waals surface area contributed by atoms with Gasteiger partial charge in [-0.2, -0.15) is 13.2 Å². The third-order valence-corrected chi connectivity index (χ3v) is 4.66. The molecule has 1 aromatic carbocycles. The molecule has 130 valence electrons. The Kier molecular flexibility index (Phi) is 6.90. The summed E-state index contributed by atoms with van der Waals surface area (Å²) in [7, 11) is 1.68. The zero-order chi connectivity index (χ0) is 16.7. The van der Waals surface area contributed by atoms with Gasteiger partial charge >= 0.3 is 6.18 Å². The fraction of sp³-hybridized carbons (Fsp3) is 0.667. The Bertz CT molecular complexity index is 470. The molecule has 0 radical (unpaired) electrons. The third-order valence-electron chi connectivity index (χ3n) is 4.66. The quantitative estimate of drug-likeness (QED) is 0.738. The number of piperidine rings is 1. The highest BCUT2D eigenvalue weighted by molar-refractivity contribution is 5.29. The van der Waals surface area contributed by atoms with Crippen molar-refractivity contribution in [1.29, 1.82) is 0 Å². The lowest BCUT2D eigenvalue weighted by molar-refractivity contribution is -0.137. The Labute approximate surface area is 136 Å². The molecule has 1 aliphatic heterocycles. The molecule has 1 aliphatic rings. The SMILES string of the molecule is COCCCC[C@H](c1cccc(C(F)(F)F)c1)[C@H]1CCCNC1. The van der Waals surface area contributed by atoms with Gasteiger partial charge in [-0.25, -0.2) is 0 Å². The number of hydrogen-bond acceptors (Lipinski definition) is 2. The molecule has 23 heavy (non-hydrogen) atoms. The summed E-state index contributed by atoms with van der Waals surface area (Å²) in [5, 5.41) is 3.38. The maximum atomic E-state index is 13.0. The maximum absolute atomic E-state index is 13.0. The van der Waals surface area contributed by atoms with Crippen LogP contribution in [-0.4, -0.2) is 26.8 Å². The Morgan fingerprint density at radius 2 is 2.13 bits per heavy atom. The first-order valence-corrected chi connectivity index (χ1v) is 8.39. The first-order chi connectivity index (χ1) is 11.0. The van der Waals surface area contributed by atoms with Gasteiger partial charge in [-0.1, -0.05) is 24.6 Å². The summed E-state index contributed by atoms with van der Waals surface area (Å²) in [6, 6.07) is 5.89. The zero-order valence-corrected chi connectivity index (χ0v) is 13.7. The molecule has 1 heterocycles. The molecular weight excluding hydrogens is 303 g/mol. The fourth-order valence-corrected chi connectivity index (χ4v) is 3.45. The van der Waals surface area contributed by atoms with Crippen LogP contribution in [0.25, 0.3) is 0 Å². The first-order valence-electron chi connectivity index (χ1n) is 8.39. The Balaban J connectivity index is 2.14. The molecular formula is C18H26F3NO. The molecule has 1 N–H and O–H groups in total. The number of nitrogens with one attached hydrogen (secondary N) is 1. The van der Waals surface area contributed by atoms with Crippen LogP contribution in [0.4, 0.5) is 13.2 Å². The van der Waals surface area contributed by atoms with Crippen LogP contribution in [0.15, 0.2) is 24.3 Å². The molecule has 2 nitrogen and oxygen atoms in total. The standard InChI is InChI=1S/C18H26F3NO/c1-23-11-3-2-9-17(15-7-5-10-22-13-15)14-6-4-8-16(12-14)18(19,20)21/h4,6,8,12,15,17,22H,2-3,5,7,9-11,13H2,1H3/t15-,17+/m0/s1. The maximum Gasteiger partial charge on any atom is 0.416 e. The number of ether oxygens (including phenoxy) is 1. The number of hydrogen-bond donors (Lipinski definition) is 1. The lowest BCUT2D eigenvalue weighted by Gasteiger charge is -2.31. The van der Waals surface area contributed by atoms with Crippen molar-refractivity contribution in [1.82, 2.24) is 5.32 Å². The van der Waals surface area contributed by atoms with E-state index in [0.29, 0.717) is 12.5 Å². The van der Waals surface area contributed by atoms with Crippen molar-refractivity contribution >= 4 is 0 Å². The number of rotatable bonds is 7. The summed E-state index contributed by atoms with van der Waals surface area (Å²) in [6.07, 6.45) is 0.742. The Morgan fingerprint density at radius 3 is 2.78 bits per heavy atom. The molecule has 0 saturated carbocycles. The van der Waals surface area contributed by atoms with Crippen molar-refractivity contribution in [3.05, 3.63) is 35.4 Å². The summed E-state index contributed by atoms with van der Waals surface area (Å²) < 4.78 is 44.1.